The molecule has 0 unspecified atom stereocenters. The van der Waals surface area contributed by atoms with Gasteiger partial charge in [-0.05, 0) is 23.8 Å². The van der Waals surface area contributed by atoms with Crippen LogP contribution in [-0.4, -0.2) is 46.7 Å². The highest BCUT2D eigenvalue weighted by Gasteiger charge is 2.25. The number of aromatic nitrogens is 3. The monoisotopic (exact) mass is 416 g/mol. The molecule has 0 atom stereocenters. The molecule has 0 bridgehead atoms. The summed E-state index contributed by atoms with van der Waals surface area (Å²) in [5, 5.41) is 12.7. The summed E-state index contributed by atoms with van der Waals surface area (Å²) in [6, 6.07) is 9.04. The molecule has 0 radical (unpaired) electrons. The summed E-state index contributed by atoms with van der Waals surface area (Å²) in [4.78, 5) is 12.1. The molecule has 1 aliphatic rings. The van der Waals surface area contributed by atoms with Gasteiger partial charge in [-0.15, -0.1) is 10.2 Å². The lowest BCUT2D eigenvalue weighted by molar-refractivity contribution is -0.118. The predicted molar refractivity (Wildman–Crippen MR) is 117 cm³/mol. The van der Waals surface area contributed by atoms with E-state index in [4.69, 9.17) is 4.74 Å². The van der Waals surface area contributed by atoms with Crippen LogP contribution >= 0.6 is 11.8 Å². The van der Waals surface area contributed by atoms with Crippen LogP contribution < -0.4 is 5.32 Å². The predicted octanol–water partition coefficient (Wildman–Crippen LogP) is 4.21. The molecule has 0 saturated heterocycles. The van der Waals surface area contributed by atoms with Gasteiger partial charge < -0.3 is 10.1 Å². The van der Waals surface area contributed by atoms with Gasteiger partial charge in [0.1, 0.15) is 0 Å². The molecule has 158 valence electrons. The number of ether oxygens (including phenoxy) is 1. The highest BCUT2D eigenvalue weighted by Crippen LogP contribution is 2.37. The molecule has 2 aromatic rings. The highest BCUT2D eigenvalue weighted by atomic mass is 32.2. The zero-order valence-corrected chi connectivity index (χ0v) is 18.7. The van der Waals surface area contributed by atoms with E-state index in [0.29, 0.717) is 24.9 Å². The van der Waals surface area contributed by atoms with Crippen molar-refractivity contribution in [2.24, 2.45) is 0 Å². The number of amides is 1. The van der Waals surface area contributed by atoms with Gasteiger partial charge in [-0.3, -0.25) is 9.36 Å². The molecule has 1 aliphatic carbocycles. The Hall–Kier alpha value is -1.86. The molecule has 6 nitrogen and oxygen atoms in total. The fraction of sp³-hybridized carbons (Fsp3) is 0.591. The molecule has 29 heavy (non-hydrogen) atoms. The Morgan fingerprint density at radius 2 is 1.90 bits per heavy atom. The van der Waals surface area contributed by atoms with Crippen molar-refractivity contribution in [1.82, 2.24) is 20.1 Å². The fourth-order valence-corrected chi connectivity index (χ4v) is 4.49. The minimum absolute atomic E-state index is 0.0101. The van der Waals surface area contributed by atoms with Crippen LogP contribution in [0.1, 0.15) is 58.1 Å². The van der Waals surface area contributed by atoms with Gasteiger partial charge in [-0.25, -0.2) is 0 Å². The van der Waals surface area contributed by atoms with Crippen LogP contribution in [0.5, 0.6) is 0 Å². The normalized spacial score (nSPS) is 15.0. The summed E-state index contributed by atoms with van der Waals surface area (Å²) in [5.41, 5.74) is 2.50. The van der Waals surface area contributed by atoms with Crippen LogP contribution in [-0.2, 0) is 14.9 Å². The minimum Gasteiger partial charge on any atom is -0.383 e. The topological polar surface area (TPSA) is 69.0 Å². The van der Waals surface area contributed by atoms with Gasteiger partial charge in [0, 0.05) is 25.3 Å². The summed E-state index contributed by atoms with van der Waals surface area (Å²) < 4.78 is 7.23. The summed E-state index contributed by atoms with van der Waals surface area (Å²) in [7, 11) is 1.63. The van der Waals surface area contributed by atoms with Crippen molar-refractivity contribution >= 4 is 17.7 Å². The number of benzene rings is 1. The second-order valence-corrected chi connectivity index (χ2v) is 9.52. The molecule has 0 spiro atoms. The number of hydrogen-bond donors (Lipinski definition) is 1. The van der Waals surface area contributed by atoms with Crippen LogP contribution in [0.15, 0.2) is 29.4 Å². The number of carbonyl (C=O) groups excluding carboxylic acids is 1. The first-order chi connectivity index (χ1) is 13.9. The second kappa shape index (κ2) is 9.76. The first-order valence-corrected chi connectivity index (χ1v) is 11.3. The zero-order chi connectivity index (χ0) is 20.9. The third kappa shape index (κ3) is 5.60. The number of nitrogens with zero attached hydrogens (tertiary/aromatic N) is 3. The summed E-state index contributed by atoms with van der Waals surface area (Å²) in [6.45, 7) is 7.69. The van der Waals surface area contributed by atoms with E-state index in [9.17, 15) is 4.79 Å². The lowest BCUT2D eigenvalue weighted by atomic mass is 9.86. The lowest BCUT2D eigenvalue weighted by Gasteiger charge is -2.20. The Labute approximate surface area is 177 Å². The van der Waals surface area contributed by atoms with Crippen molar-refractivity contribution in [3.63, 3.8) is 0 Å². The van der Waals surface area contributed by atoms with Crippen LogP contribution in [0.4, 0.5) is 0 Å². The van der Waals surface area contributed by atoms with Gasteiger partial charge in [0.15, 0.2) is 11.0 Å². The second-order valence-electron chi connectivity index (χ2n) is 8.57. The maximum atomic E-state index is 12.1. The Morgan fingerprint density at radius 1 is 1.21 bits per heavy atom. The van der Waals surface area contributed by atoms with Crippen molar-refractivity contribution in [3.05, 3.63) is 29.8 Å². The van der Waals surface area contributed by atoms with Crippen LogP contribution in [0.2, 0.25) is 0 Å². The molecule has 1 fully saturated rings. The molecule has 1 amide bonds. The standard InChI is InChI=1S/C22H32N4O2S/c1-22(2,3)17-11-9-16(10-12-17)20-24-25-21(26(20)18-7-5-6-8-18)29-15-19(27)23-13-14-28-4/h9-12,18H,5-8,13-15H2,1-4H3,(H,23,27). The zero-order valence-electron chi connectivity index (χ0n) is 17.9. The first-order valence-electron chi connectivity index (χ1n) is 10.3. The van der Waals surface area contributed by atoms with Crippen molar-refractivity contribution in [3.8, 4) is 11.4 Å². The third-order valence-corrected chi connectivity index (χ3v) is 6.27. The Morgan fingerprint density at radius 3 is 2.52 bits per heavy atom. The lowest BCUT2D eigenvalue weighted by Crippen LogP contribution is -2.28. The van der Waals surface area contributed by atoms with Crippen molar-refractivity contribution in [2.75, 3.05) is 26.0 Å². The first kappa shape index (κ1) is 21.8. The quantitative estimate of drug-likeness (QED) is 0.516. The van der Waals surface area contributed by atoms with Crippen molar-refractivity contribution in [2.45, 2.75) is 63.1 Å². The maximum Gasteiger partial charge on any atom is 0.230 e. The van der Waals surface area contributed by atoms with Gasteiger partial charge in [0.2, 0.25) is 5.91 Å². The molecule has 1 heterocycles. The molecule has 7 heteroatoms. The van der Waals surface area contributed by atoms with Gasteiger partial charge in [0.05, 0.1) is 12.4 Å². The smallest absolute Gasteiger partial charge is 0.230 e. The minimum atomic E-state index is -0.0101. The SMILES string of the molecule is COCCNC(=O)CSc1nnc(-c2ccc(C(C)(C)C)cc2)n1C1CCCC1. The van der Waals surface area contributed by atoms with Crippen LogP contribution in [0.3, 0.4) is 0 Å². The number of hydrogen-bond acceptors (Lipinski definition) is 5. The van der Waals surface area contributed by atoms with Gasteiger partial charge in [-0.2, -0.15) is 0 Å². The number of rotatable bonds is 8. The molecular formula is C22H32N4O2S. The van der Waals surface area contributed by atoms with Crippen LogP contribution in [0, 0.1) is 0 Å². The molecule has 1 N–H and O–H groups in total. The summed E-state index contributed by atoms with van der Waals surface area (Å²) in [5.74, 6) is 1.22. The number of methoxy groups -OCH3 is 1. The van der Waals surface area contributed by atoms with Crippen LogP contribution in [0.25, 0.3) is 11.4 Å². The molecular weight excluding hydrogens is 384 g/mol. The van der Waals surface area contributed by atoms with E-state index in [1.807, 2.05) is 0 Å². The average molecular weight is 417 g/mol. The molecule has 0 aliphatic heterocycles. The van der Waals surface area contributed by atoms with Gasteiger partial charge in [0.25, 0.3) is 0 Å². The summed E-state index contributed by atoms with van der Waals surface area (Å²) >= 11 is 1.46. The van der Waals surface area contributed by atoms with Gasteiger partial charge >= 0.3 is 0 Å². The van der Waals surface area contributed by atoms with E-state index in [1.54, 1.807) is 7.11 Å². The molecule has 1 aromatic carbocycles. The number of carbonyl (C=O) groups is 1. The van der Waals surface area contributed by atoms with E-state index in [1.165, 1.54) is 30.2 Å². The molecule has 1 saturated carbocycles. The Balaban J connectivity index is 1.80. The average Bonchev–Trinajstić information content (AvgIpc) is 3.35. The summed E-state index contributed by atoms with van der Waals surface area (Å²) in [6.07, 6.45) is 4.73. The fourth-order valence-electron chi connectivity index (χ4n) is 3.66. The van der Waals surface area contributed by atoms with Crippen molar-refractivity contribution in [1.29, 1.82) is 0 Å². The highest BCUT2D eigenvalue weighted by molar-refractivity contribution is 7.99. The van der Waals surface area contributed by atoms with Crippen molar-refractivity contribution < 1.29 is 9.53 Å². The van der Waals surface area contributed by atoms with E-state index in [0.717, 1.165) is 29.4 Å². The number of thioether (sulfide) groups is 1. The molecule has 1 aromatic heterocycles. The third-order valence-electron chi connectivity index (χ3n) is 5.32. The van der Waals surface area contributed by atoms with E-state index < -0.39 is 0 Å². The van der Waals surface area contributed by atoms with Gasteiger partial charge in [-0.1, -0.05) is 69.6 Å². The largest absolute Gasteiger partial charge is 0.383 e. The van der Waals surface area contributed by atoms with E-state index in [-0.39, 0.29) is 11.3 Å². The Bertz CT molecular complexity index is 805. The Kier molecular flexibility index (Phi) is 7.35. The molecule has 3 rings (SSSR count). The van der Waals surface area contributed by atoms with E-state index in [2.05, 4.69) is 65.1 Å². The van der Waals surface area contributed by atoms with E-state index >= 15 is 0 Å². The number of nitrogens with one attached hydrogen (secondary N) is 1. The maximum absolute atomic E-state index is 12.1.